The van der Waals surface area contributed by atoms with Gasteiger partial charge in [-0.2, -0.15) is 0 Å². The number of hydrogen-bond acceptors (Lipinski definition) is 5. The van der Waals surface area contributed by atoms with Crippen LogP contribution in [-0.4, -0.2) is 25.7 Å². The van der Waals surface area contributed by atoms with Gasteiger partial charge in [0.05, 0.1) is 17.3 Å². The van der Waals surface area contributed by atoms with Crippen LogP contribution in [0.4, 0.5) is 5.69 Å². The Bertz CT molecular complexity index is 541. The van der Waals surface area contributed by atoms with Gasteiger partial charge in [-0.05, 0) is 25.0 Å². The van der Waals surface area contributed by atoms with E-state index in [4.69, 9.17) is 9.88 Å². The van der Waals surface area contributed by atoms with Crippen molar-refractivity contribution >= 4 is 15.7 Å². The highest BCUT2D eigenvalue weighted by Gasteiger charge is 2.14. The molecule has 0 saturated carbocycles. The number of nitrogens with two attached hydrogens (primary N) is 1. The van der Waals surface area contributed by atoms with E-state index in [9.17, 15) is 18.5 Å². The highest BCUT2D eigenvalue weighted by atomic mass is 32.2. The molecule has 2 N–H and O–H groups in total. The summed E-state index contributed by atoms with van der Waals surface area (Å²) in [5.74, 6) is -0.0819. The summed E-state index contributed by atoms with van der Waals surface area (Å²) in [6, 6.07) is 4.49. The van der Waals surface area contributed by atoms with Crippen LogP contribution >= 0.6 is 0 Å². The number of aryl methyl sites for hydroxylation is 1. The Morgan fingerprint density at radius 2 is 2.11 bits per heavy atom. The molecule has 0 bridgehead atoms. The second kappa shape index (κ2) is 5.78. The molecule has 0 atom stereocenters. The number of benzene rings is 1. The zero-order valence-electron chi connectivity index (χ0n) is 9.83. The molecule has 0 spiro atoms. The SMILES string of the molecule is Cc1ccc([N+](=O)[O-])c(OCCCS(N)(=O)=O)c1. The lowest BCUT2D eigenvalue weighted by atomic mass is 10.2. The Kier molecular flexibility index (Phi) is 4.62. The lowest BCUT2D eigenvalue weighted by molar-refractivity contribution is -0.385. The third kappa shape index (κ3) is 4.68. The molecule has 0 aliphatic heterocycles. The van der Waals surface area contributed by atoms with Gasteiger partial charge in [-0.1, -0.05) is 6.07 Å². The van der Waals surface area contributed by atoms with Crippen LogP contribution in [0.1, 0.15) is 12.0 Å². The molecular formula is C10H14N2O5S. The van der Waals surface area contributed by atoms with Crippen molar-refractivity contribution in [3.8, 4) is 5.75 Å². The number of sulfonamides is 1. The maximum atomic E-state index is 10.7. The smallest absolute Gasteiger partial charge is 0.310 e. The van der Waals surface area contributed by atoms with E-state index in [-0.39, 0.29) is 30.2 Å². The molecule has 1 aromatic rings. The lowest BCUT2D eigenvalue weighted by Gasteiger charge is -2.07. The number of hydrogen-bond donors (Lipinski definition) is 1. The summed E-state index contributed by atoms with van der Waals surface area (Å²) in [5.41, 5.74) is 0.679. The van der Waals surface area contributed by atoms with Crippen molar-refractivity contribution in [1.82, 2.24) is 0 Å². The van der Waals surface area contributed by atoms with Gasteiger partial charge >= 0.3 is 5.69 Å². The summed E-state index contributed by atoms with van der Waals surface area (Å²) < 4.78 is 26.6. The van der Waals surface area contributed by atoms with Crippen molar-refractivity contribution in [2.24, 2.45) is 5.14 Å². The molecule has 0 fully saturated rings. The minimum absolute atomic E-state index is 0.0563. The van der Waals surface area contributed by atoms with Gasteiger partial charge in [-0.15, -0.1) is 0 Å². The molecule has 0 heterocycles. The van der Waals surface area contributed by atoms with E-state index in [1.54, 1.807) is 13.0 Å². The predicted molar refractivity (Wildman–Crippen MR) is 65.9 cm³/mol. The fraction of sp³-hybridized carbons (Fsp3) is 0.400. The van der Waals surface area contributed by atoms with E-state index in [0.29, 0.717) is 0 Å². The highest BCUT2D eigenvalue weighted by Crippen LogP contribution is 2.27. The zero-order chi connectivity index (χ0) is 13.8. The van der Waals surface area contributed by atoms with Crippen LogP contribution in [0.15, 0.2) is 18.2 Å². The minimum atomic E-state index is -3.53. The molecule has 0 amide bonds. The van der Waals surface area contributed by atoms with Crippen LogP contribution in [0.25, 0.3) is 0 Å². The van der Waals surface area contributed by atoms with Gasteiger partial charge in [0.1, 0.15) is 0 Å². The Morgan fingerprint density at radius 3 is 2.67 bits per heavy atom. The number of nitrogens with zero attached hydrogens (tertiary/aromatic N) is 1. The number of rotatable bonds is 6. The van der Waals surface area contributed by atoms with E-state index in [2.05, 4.69) is 0 Å². The molecule has 100 valence electrons. The van der Waals surface area contributed by atoms with Crippen LogP contribution in [0.5, 0.6) is 5.75 Å². The lowest BCUT2D eigenvalue weighted by Crippen LogP contribution is -2.18. The van der Waals surface area contributed by atoms with Crippen molar-refractivity contribution in [3.63, 3.8) is 0 Å². The van der Waals surface area contributed by atoms with Crippen LogP contribution in [-0.2, 0) is 10.0 Å². The Hall–Kier alpha value is -1.67. The van der Waals surface area contributed by atoms with Crippen molar-refractivity contribution in [2.45, 2.75) is 13.3 Å². The van der Waals surface area contributed by atoms with Crippen LogP contribution in [0, 0.1) is 17.0 Å². The molecule has 18 heavy (non-hydrogen) atoms. The summed E-state index contributed by atoms with van der Waals surface area (Å²) in [5, 5.41) is 15.6. The number of ether oxygens (including phenoxy) is 1. The van der Waals surface area contributed by atoms with Crippen molar-refractivity contribution in [3.05, 3.63) is 33.9 Å². The minimum Gasteiger partial charge on any atom is -0.487 e. The molecule has 0 aliphatic carbocycles. The molecule has 7 nitrogen and oxygen atoms in total. The summed E-state index contributed by atoms with van der Waals surface area (Å²) in [7, 11) is -3.53. The summed E-state index contributed by atoms with van der Waals surface area (Å²) in [4.78, 5) is 10.2. The van der Waals surface area contributed by atoms with Gasteiger partial charge in [-0.25, -0.2) is 13.6 Å². The van der Waals surface area contributed by atoms with Crippen LogP contribution < -0.4 is 9.88 Å². The third-order valence-electron chi connectivity index (χ3n) is 2.14. The second-order valence-electron chi connectivity index (χ2n) is 3.80. The largest absolute Gasteiger partial charge is 0.487 e. The standard InChI is InChI=1S/C10H14N2O5S/c1-8-3-4-9(12(13)14)10(7-8)17-5-2-6-18(11,15)16/h3-4,7H,2,5-6H2,1H3,(H2,11,15,16). The first kappa shape index (κ1) is 14.4. The summed E-state index contributed by atoms with van der Waals surface area (Å²) in [6.07, 6.45) is 0.184. The average molecular weight is 274 g/mol. The molecule has 0 unspecified atom stereocenters. The molecule has 0 aliphatic rings. The Balaban J connectivity index is 2.66. The van der Waals surface area contributed by atoms with E-state index in [0.717, 1.165) is 5.56 Å². The quantitative estimate of drug-likeness (QED) is 0.471. The summed E-state index contributed by atoms with van der Waals surface area (Å²) in [6.45, 7) is 1.83. The fourth-order valence-electron chi connectivity index (χ4n) is 1.33. The number of nitro benzene ring substituents is 1. The monoisotopic (exact) mass is 274 g/mol. The van der Waals surface area contributed by atoms with Crippen molar-refractivity contribution < 1.29 is 18.1 Å². The van der Waals surface area contributed by atoms with Crippen LogP contribution in [0.2, 0.25) is 0 Å². The number of primary sulfonamides is 1. The van der Waals surface area contributed by atoms with Gasteiger partial charge in [0.25, 0.3) is 0 Å². The molecule has 0 aromatic heterocycles. The van der Waals surface area contributed by atoms with Crippen molar-refractivity contribution in [1.29, 1.82) is 0 Å². The molecule has 1 aromatic carbocycles. The van der Waals surface area contributed by atoms with Gasteiger partial charge < -0.3 is 4.74 Å². The predicted octanol–water partition coefficient (Wildman–Crippen LogP) is 0.961. The molecule has 8 heteroatoms. The first-order chi connectivity index (χ1) is 8.29. The van der Waals surface area contributed by atoms with Gasteiger partial charge in [-0.3, -0.25) is 10.1 Å². The van der Waals surface area contributed by atoms with Crippen LogP contribution in [0.3, 0.4) is 0 Å². The molecule has 1 rings (SSSR count). The Morgan fingerprint density at radius 1 is 1.44 bits per heavy atom. The topological polar surface area (TPSA) is 113 Å². The van der Waals surface area contributed by atoms with E-state index >= 15 is 0 Å². The third-order valence-corrected chi connectivity index (χ3v) is 3.00. The summed E-state index contributed by atoms with van der Waals surface area (Å²) >= 11 is 0. The van der Waals surface area contributed by atoms with Crippen molar-refractivity contribution in [2.75, 3.05) is 12.4 Å². The normalized spacial score (nSPS) is 11.2. The van der Waals surface area contributed by atoms with E-state index in [1.165, 1.54) is 12.1 Å². The maximum Gasteiger partial charge on any atom is 0.310 e. The second-order valence-corrected chi connectivity index (χ2v) is 5.53. The highest BCUT2D eigenvalue weighted by molar-refractivity contribution is 7.89. The average Bonchev–Trinajstić information content (AvgIpc) is 2.22. The zero-order valence-corrected chi connectivity index (χ0v) is 10.6. The van der Waals surface area contributed by atoms with E-state index < -0.39 is 14.9 Å². The maximum absolute atomic E-state index is 10.7. The number of nitro groups is 1. The first-order valence-electron chi connectivity index (χ1n) is 5.18. The first-order valence-corrected chi connectivity index (χ1v) is 6.89. The Labute approximate surface area is 105 Å². The molecule has 0 radical (unpaired) electrons. The van der Waals surface area contributed by atoms with Gasteiger partial charge in [0.2, 0.25) is 10.0 Å². The van der Waals surface area contributed by atoms with E-state index in [1.807, 2.05) is 0 Å². The fourth-order valence-corrected chi connectivity index (χ4v) is 1.85. The van der Waals surface area contributed by atoms with Gasteiger partial charge in [0, 0.05) is 6.07 Å². The van der Waals surface area contributed by atoms with Gasteiger partial charge in [0.15, 0.2) is 5.75 Å². The molecule has 0 saturated heterocycles. The molecular weight excluding hydrogens is 260 g/mol.